The van der Waals surface area contributed by atoms with Crippen molar-refractivity contribution in [2.45, 2.75) is 39.5 Å². The molecule has 1 aromatic carbocycles. The lowest BCUT2D eigenvalue weighted by atomic mass is 9.69. The van der Waals surface area contributed by atoms with Crippen LogP contribution in [0.2, 0.25) is 0 Å². The molecule has 4 atom stereocenters. The monoisotopic (exact) mass is 334 g/mol. The maximum absolute atomic E-state index is 5.36. The van der Waals surface area contributed by atoms with Gasteiger partial charge in [-0.2, -0.15) is 0 Å². The Morgan fingerprint density at radius 3 is 2.16 bits per heavy atom. The zero-order valence-electron chi connectivity index (χ0n) is 15.9. The molecule has 1 aromatic rings. The summed E-state index contributed by atoms with van der Waals surface area (Å²) in [6, 6.07) is 9.17. The van der Waals surface area contributed by atoms with Crippen LogP contribution in [0, 0.1) is 24.7 Å². The molecule has 1 heteroatoms. The van der Waals surface area contributed by atoms with Gasteiger partial charge in [0, 0.05) is 0 Å². The lowest BCUT2D eigenvalue weighted by Crippen LogP contribution is -2.25. The smallest absolute Gasteiger partial charge is 0.114 e. The van der Waals surface area contributed by atoms with Gasteiger partial charge in [0.25, 0.3) is 0 Å². The molecule has 2 aliphatic carbocycles. The Kier molecular flexibility index (Phi) is 5.63. The Hall–Kier alpha value is -2.02. The fourth-order valence-corrected chi connectivity index (χ4v) is 4.16. The average molecular weight is 335 g/mol. The number of rotatable bonds is 5. The van der Waals surface area contributed by atoms with Crippen LogP contribution in [0.5, 0.6) is 0 Å². The first-order valence-corrected chi connectivity index (χ1v) is 9.42. The van der Waals surface area contributed by atoms with E-state index in [0.717, 1.165) is 18.6 Å². The number of ether oxygens (including phenoxy) is 1. The molecule has 2 aliphatic rings. The van der Waals surface area contributed by atoms with Crippen LogP contribution < -0.4 is 0 Å². The highest BCUT2D eigenvalue weighted by Crippen LogP contribution is 2.42. The van der Waals surface area contributed by atoms with Crippen molar-refractivity contribution in [1.29, 1.82) is 0 Å². The molecule has 4 unspecified atom stereocenters. The van der Waals surface area contributed by atoms with E-state index in [4.69, 9.17) is 4.74 Å². The molecule has 0 saturated carbocycles. The molecule has 0 bridgehead atoms. The van der Waals surface area contributed by atoms with E-state index in [1.54, 1.807) is 7.11 Å². The molecular weight excluding hydrogens is 304 g/mol. The van der Waals surface area contributed by atoms with Crippen molar-refractivity contribution in [2.75, 3.05) is 7.11 Å². The molecular formula is C24H30O. The minimum absolute atomic E-state index is 0.536. The van der Waals surface area contributed by atoms with Crippen LogP contribution in [0.15, 0.2) is 72.1 Å². The van der Waals surface area contributed by atoms with E-state index >= 15 is 0 Å². The molecule has 0 saturated heterocycles. The normalized spacial score (nSPS) is 25.1. The van der Waals surface area contributed by atoms with Gasteiger partial charge in [0.15, 0.2) is 0 Å². The van der Waals surface area contributed by atoms with E-state index in [1.165, 1.54) is 16.7 Å². The number of methoxy groups -OCH3 is 1. The van der Waals surface area contributed by atoms with Crippen LogP contribution in [0.3, 0.4) is 0 Å². The fraction of sp³-hybridized carbons (Fsp3) is 0.417. The second-order valence-corrected chi connectivity index (χ2v) is 7.57. The highest BCUT2D eigenvalue weighted by Gasteiger charge is 2.31. The van der Waals surface area contributed by atoms with E-state index in [1.807, 2.05) is 0 Å². The molecule has 0 amide bonds. The maximum Gasteiger partial charge on any atom is 0.114 e. The van der Waals surface area contributed by atoms with E-state index in [-0.39, 0.29) is 0 Å². The van der Waals surface area contributed by atoms with Gasteiger partial charge in [-0.3, -0.25) is 0 Å². The van der Waals surface area contributed by atoms with Gasteiger partial charge in [-0.15, -0.1) is 0 Å². The van der Waals surface area contributed by atoms with Crippen molar-refractivity contribution in [1.82, 2.24) is 0 Å². The zero-order valence-corrected chi connectivity index (χ0v) is 15.9. The Labute approximate surface area is 152 Å². The Bertz CT molecular complexity index is 702. The summed E-state index contributed by atoms with van der Waals surface area (Å²) in [5.74, 6) is 3.24. The van der Waals surface area contributed by atoms with Crippen molar-refractivity contribution in [2.24, 2.45) is 17.8 Å². The van der Waals surface area contributed by atoms with Gasteiger partial charge in [0.05, 0.1) is 7.11 Å². The molecule has 0 aromatic heterocycles. The van der Waals surface area contributed by atoms with Crippen LogP contribution in [-0.2, 0) is 4.74 Å². The lowest BCUT2D eigenvalue weighted by molar-refractivity contribution is 0.278. The van der Waals surface area contributed by atoms with Crippen LogP contribution in [0.25, 0.3) is 0 Å². The summed E-state index contributed by atoms with van der Waals surface area (Å²) < 4.78 is 5.36. The number of allylic oxidation sites excluding steroid dienone is 7. The maximum atomic E-state index is 5.36. The molecule has 0 fully saturated rings. The summed E-state index contributed by atoms with van der Waals surface area (Å²) in [5, 5.41) is 0. The summed E-state index contributed by atoms with van der Waals surface area (Å²) in [6.45, 7) is 6.78. The first-order valence-electron chi connectivity index (χ1n) is 9.42. The van der Waals surface area contributed by atoms with Gasteiger partial charge in [-0.1, -0.05) is 66.6 Å². The number of hydrogen-bond donors (Lipinski definition) is 0. The third kappa shape index (κ3) is 4.15. The van der Waals surface area contributed by atoms with E-state index in [9.17, 15) is 0 Å². The van der Waals surface area contributed by atoms with Gasteiger partial charge in [0.2, 0.25) is 0 Å². The first kappa shape index (κ1) is 17.8. The third-order valence-corrected chi connectivity index (χ3v) is 5.82. The van der Waals surface area contributed by atoms with Crippen LogP contribution >= 0.6 is 0 Å². The molecule has 0 heterocycles. The van der Waals surface area contributed by atoms with Gasteiger partial charge in [-0.05, 0) is 68.1 Å². The van der Waals surface area contributed by atoms with Crippen molar-refractivity contribution < 1.29 is 4.74 Å². The molecule has 25 heavy (non-hydrogen) atoms. The molecule has 0 spiro atoms. The van der Waals surface area contributed by atoms with Gasteiger partial charge < -0.3 is 4.74 Å². The Morgan fingerprint density at radius 1 is 0.920 bits per heavy atom. The van der Waals surface area contributed by atoms with Gasteiger partial charge in [0.1, 0.15) is 5.76 Å². The molecule has 0 aliphatic heterocycles. The summed E-state index contributed by atoms with van der Waals surface area (Å²) in [6.07, 6.45) is 16.0. The summed E-state index contributed by atoms with van der Waals surface area (Å²) in [7, 11) is 1.75. The minimum atomic E-state index is 0.536. The SMILES string of the molecule is COC1=CCC(C(C)C(c2ccc(C)cc2)C2C=CC(C)=CC2)C=C1. The van der Waals surface area contributed by atoms with E-state index < -0.39 is 0 Å². The Balaban J connectivity index is 1.86. The third-order valence-electron chi connectivity index (χ3n) is 5.82. The summed E-state index contributed by atoms with van der Waals surface area (Å²) in [4.78, 5) is 0. The lowest BCUT2D eigenvalue weighted by Gasteiger charge is -2.36. The van der Waals surface area contributed by atoms with Gasteiger partial charge >= 0.3 is 0 Å². The highest BCUT2D eigenvalue weighted by atomic mass is 16.5. The standard InChI is InChI=1S/C24H30O/c1-17-5-9-21(10-6-17)24(22-11-7-18(2)8-12-22)19(3)20-13-15-23(25-4)16-14-20/h5-11,13,15-16,19-20,22,24H,12,14H2,1-4H3. The van der Waals surface area contributed by atoms with E-state index in [0.29, 0.717) is 23.7 Å². The number of benzene rings is 1. The van der Waals surface area contributed by atoms with Crippen LogP contribution in [0.1, 0.15) is 43.7 Å². The molecule has 0 N–H and O–H groups in total. The van der Waals surface area contributed by atoms with Crippen molar-refractivity contribution in [3.05, 3.63) is 83.2 Å². The zero-order chi connectivity index (χ0) is 17.8. The quantitative estimate of drug-likeness (QED) is 0.610. The van der Waals surface area contributed by atoms with Gasteiger partial charge in [-0.25, -0.2) is 0 Å². The highest BCUT2D eigenvalue weighted by molar-refractivity contribution is 5.31. The Morgan fingerprint density at radius 2 is 1.60 bits per heavy atom. The largest absolute Gasteiger partial charge is 0.497 e. The number of hydrogen-bond acceptors (Lipinski definition) is 1. The van der Waals surface area contributed by atoms with E-state index in [2.05, 4.69) is 81.5 Å². The predicted molar refractivity (Wildman–Crippen MR) is 106 cm³/mol. The second-order valence-electron chi connectivity index (χ2n) is 7.57. The molecule has 3 rings (SSSR count). The van der Waals surface area contributed by atoms with Crippen molar-refractivity contribution >= 4 is 0 Å². The summed E-state index contributed by atoms with van der Waals surface area (Å²) >= 11 is 0. The molecule has 132 valence electrons. The van der Waals surface area contributed by atoms with Crippen molar-refractivity contribution in [3.8, 4) is 0 Å². The summed E-state index contributed by atoms with van der Waals surface area (Å²) in [5.41, 5.74) is 4.18. The van der Waals surface area contributed by atoms with Crippen LogP contribution in [0.4, 0.5) is 0 Å². The minimum Gasteiger partial charge on any atom is -0.497 e. The topological polar surface area (TPSA) is 9.23 Å². The number of aryl methyl sites for hydroxylation is 1. The first-order chi connectivity index (χ1) is 12.1. The fourth-order valence-electron chi connectivity index (χ4n) is 4.16. The second kappa shape index (κ2) is 7.91. The average Bonchev–Trinajstić information content (AvgIpc) is 2.65. The van der Waals surface area contributed by atoms with Crippen LogP contribution in [-0.4, -0.2) is 7.11 Å². The predicted octanol–water partition coefficient (Wildman–Crippen LogP) is 6.34. The van der Waals surface area contributed by atoms with Crippen molar-refractivity contribution in [3.63, 3.8) is 0 Å². The molecule has 1 nitrogen and oxygen atoms in total. The molecule has 0 radical (unpaired) electrons.